The van der Waals surface area contributed by atoms with Crippen LogP contribution in [0.4, 0.5) is 4.79 Å². The van der Waals surface area contributed by atoms with E-state index in [2.05, 4.69) is 10.6 Å². The van der Waals surface area contributed by atoms with Crippen molar-refractivity contribution in [3.05, 3.63) is 83.1 Å². The molecule has 1 aliphatic heterocycles. The Morgan fingerprint density at radius 1 is 0.966 bits per heavy atom. The highest BCUT2D eigenvalue weighted by Crippen LogP contribution is 2.31. The molecule has 0 aliphatic carbocycles. The fourth-order valence-electron chi connectivity index (χ4n) is 3.08. The van der Waals surface area contributed by atoms with Gasteiger partial charge in [0, 0.05) is 5.56 Å². The summed E-state index contributed by atoms with van der Waals surface area (Å²) >= 11 is 0. The molecule has 2 N–H and O–H groups in total. The summed E-state index contributed by atoms with van der Waals surface area (Å²) in [5.41, 5.74) is 1.65. The van der Waals surface area contributed by atoms with E-state index in [9.17, 15) is 19.5 Å². The second-order valence-electron chi connectivity index (χ2n) is 6.44. The van der Waals surface area contributed by atoms with Crippen LogP contribution < -0.4 is 20.5 Å². The summed E-state index contributed by atoms with van der Waals surface area (Å²) in [6.07, 6.45) is 1.58. The number of imide groups is 1. The highest BCUT2D eigenvalue weighted by atomic mass is 16.5. The number of nitrogens with one attached hydrogen (secondary N) is 2. The third kappa shape index (κ3) is 3.79. The van der Waals surface area contributed by atoms with Gasteiger partial charge in [0.25, 0.3) is 5.91 Å². The molecule has 1 heterocycles. The molecule has 1 aliphatic rings. The van der Waals surface area contributed by atoms with E-state index < -0.39 is 17.9 Å². The van der Waals surface area contributed by atoms with Gasteiger partial charge in [-0.1, -0.05) is 54.6 Å². The van der Waals surface area contributed by atoms with E-state index in [1.54, 1.807) is 24.3 Å². The van der Waals surface area contributed by atoms with E-state index in [4.69, 9.17) is 4.74 Å². The number of fused-ring (bicyclic) bond motifs is 1. The summed E-state index contributed by atoms with van der Waals surface area (Å²) < 4.78 is 5.95. The Hall–Kier alpha value is -4.13. The Morgan fingerprint density at radius 2 is 1.72 bits per heavy atom. The third-order valence-electron chi connectivity index (χ3n) is 4.52. The number of carboxylic acids is 1. The second-order valence-corrected chi connectivity index (χ2v) is 6.44. The Morgan fingerprint density at radius 3 is 2.41 bits per heavy atom. The molecular formula is C22H15N2O5-. The first-order valence-corrected chi connectivity index (χ1v) is 8.80. The zero-order valence-corrected chi connectivity index (χ0v) is 15.1. The molecule has 7 nitrogen and oxygen atoms in total. The molecule has 144 valence electrons. The average molecular weight is 387 g/mol. The molecule has 0 atom stereocenters. The van der Waals surface area contributed by atoms with Gasteiger partial charge in [-0.2, -0.15) is 0 Å². The zero-order chi connectivity index (χ0) is 20.4. The lowest BCUT2D eigenvalue weighted by Gasteiger charge is -2.13. The van der Waals surface area contributed by atoms with Crippen LogP contribution in [0.2, 0.25) is 0 Å². The zero-order valence-electron chi connectivity index (χ0n) is 15.1. The van der Waals surface area contributed by atoms with Gasteiger partial charge in [-0.05, 0) is 34.0 Å². The molecule has 7 heteroatoms. The van der Waals surface area contributed by atoms with Crippen molar-refractivity contribution in [2.24, 2.45) is 0 Å². The normalized spacial score (nSPS) is 14.7. The van der Waals surface area contributed by atoms with Gasteiger partial charge in [-0.3, -0.25) is 10.1 Å². The van der Waals surface area contributed by atoms with E-state index in [1.807, 2.05) is 30.3 Å². The summed E-state index contributed by atoms with van der Waals surface area (Å²) in [6, 6.07) is 16.9. The minimum Gasteiger partial charge on any atom is -0.545 e. The number of rotatable bonds is 5. The first-order chi connectivity index (χ1) is 14.0. The molecule has 0 radical (unpaired) electrons. The SMILES string of the molecule is O=C1NC(=O)/C(=C\c2c(OCc3ccc(C(=O)[O-])cc3)ccc3ccccc23)N1. The van der Waals surface area contributed by atoms with E-state index in [-0.39, 0.29) is 17.9 Å². The number of benzene rings is 3. The van der Waals surface area contributed by atoms with Crippen LogP contribution in [0.3, 0.4) is 0 Å². The van der Waals surface area contributed by atoms with Crippen LogP contribution in [-0.4, -0.2) is 17.9 Å². The van der Waals surface area contributed by atoms with E-state index >= 15 is 0 Å². The van der Waals surface area contributed by atoms with Crippen LogP contribution in [0, 0.1) is 0 Å². The molecule has 0 spiro atoms. The first-order valence-electron chi connectivity index (χ1n) is 8.80. The summed E-state index contributed by atoms with van der Waals surface area (Å²) in [5, 5.41) is 17.3. The average Bonchev–Trinajstić information content (AvgIpc) is 3.04. The number of carbonyl (C=O) groups excluding carboxylic acids is 3. The third-order valence-corrected chi connectivity index (χ3v) is 4.52. The van der Waals surface area contributed by atoms with Crippen molar-refractivity contribution < 1.29 is 24.2 Å². The van der Waals surface area contributed by atoms with Crippen molar-refractivity contribution in [3.63, 3.8) is 0 Å². The molecule has 0 bridgehead atoms. The molecule has 0 saturated carbocycles. The Labute approximate surface area is 165 Å². The van der Waals surface area contributed by atoms with Gasteiger partial charge in [-0.25, -0.2) is 4.79 Å². The molecule has 3 amide bonds. The Kier molecular flexibility index (Phi) is 4.70. The lowest BCUT2D eigenvalue weighted by Crippen LogP contribution is -2.22. The molecule has 1 fully saturated rings. The topological polar surface area (TPSA) is 108 Å². The predicted octanol–water partition coefficient (Wildman–Crippen LogP) is 1.96. The maximum Gasteiger partial charge on any atom is 0.326 e. The number of hydrogen-bond acceptors (Lipinski definition) is 5. The predicted molar refractivity (Wildman–Crippen MR) is 104 cm³/mol. The highest BCUT2D eigenvalue weighted by molar-refractivity contribution is 6.14. The first kappa shape index (κ1) is 18.2. The van der Waals surface area contributed by atoms with E-state index in [0.717, 1.165) is 16.3 Å². The maximum absolute atomic E-state index is 11.9. The van der Waals surface area contributed by atoms with E-state index in [0.29, 0.717) is 11.3 Å². The number of hydrogen-bond donors (Lipinski definition) is 2. The monoisotopic (exact) mass is 387 g/mol. The van der Waals surface area contributed by atoms with Crippen molar-refractivity contribution >= 4 is 34.8 Å². The molecular weight excluding hydrogens is 372 g/mol. The quantitative estimate of drug-likeness (QED) is 0.514. The van der Waals surface area contributed by atoms with Crippen LogP contribution in [0.5, 0.6) is 5.75 Å². The minimum atomic E-state index is -1.24. The smallest absolute Gasteiger partial charge is 0.326 e. The highest BCUT2D eigenvalue weighted by Gasteiger charge is 2.23. The summed E-state index contributed by atoms with van der Waals surface area (Å²) in [5.74, 6) is -1.22. The van der Waals surface area contributed by atoms with Gasteiger partial charge < -0.3 is 20.0 Å². The maximum atomic E-state index is 11.9. The molecule has 3 aromatic carbocycles. The summed E-state index contributed by atoms with van der Waals surface area (Å²) in [7, 11) is 0. The van der Waals surface area contributed by atoms with Crippen molar-refractivity contribution in [1.29, 1.82) is 0 Å². The number of urea groups is 1. The fourth-order valence-corrected chi connectivity index (χ4v) is 3.08. The summed E-state index contributed by atoms with van der Waals surface area (Å²) in [4.78, 5) is 34.2. The second kappa shape index (κ2) is 7.47. The largest absolute Gasteiger partial charge is 0.545 e. The number of ether oxygens (including phenoxy) is 1. The Balaban J connectivity index is 1.68. The summed E-state index contributed by atoms with van der Waals surface area (Å²) in [6.45, 7) is 0.195. The fraction of sp³-hybridized carbons (Fsp3) is 0.0455. The Bertz CT molecular complexity index is 1170. The van der Waals surface area contributed by atoms with Crippen LogP contribution >= 0.6 is 0 Å². The van der Waals surface area contributed by atoms with Crippen molar-refractivity contribution in [2.75, 3.05) is 0 Å². The minimum absolute atomic E-state index is 0.0906. The van der Waals surface area contributed by atoms with Crippen LogP contribution in [0.15, 0.2) is 66.4 Å². The molecule has 0 aromatic heterocycles. The lowest BCUT2D eigenvalue weighted by atomic mass is 10.0. The molecule has 4 rings (SSSR count). The molecule has 1 saturated heterocycles. The van der Waals surface area contributed by atoms with Crippen molar-refractivity contribution in [3.8, 4) is 5.75 Å². The van der Waals surface area contributed by atoms with E-state index in [1.165, 1.54) is 12.1 Å². The van der Waals surface area contributed by atoms with Crippen molar-refractivity contribution in [1.82, 2.24) is 10.6 Å². The molecule has 29 heavy (non-hydrogen) atoms. The van der Waals surface area contributed by atoms with Gasteiger partial charge in [0.15, 0.2) is 0 Å². The number of amides is 3. The van der Waals surface area contributed by atoms with Crippen LogP contribution in [0.25, 0.3) is 16.8 Å². The van der Waals surface area contributed by atoms with Crippen LogP contribution in [-0.2, 0) is 11.4 Å². The van der Waals surface area contributed by atoms with Gasteiger partial charge in [0.05, 0.1) is 5.97 Å². The van der Waals surface area contributed by atoms with Crippen LogP contribution in [0.1, 0.15) is 21.5 Å². The number of carbonyl (C=O) groups is 3. The van der Waals surface area contributed by atoms with Gasteiger partial charge in [-0.15, -0.1) is 0 Å². The number of carboxylic acid groups (broad SMARTS) is 1. The molecule has 0 unspecified atom stereocenters. The standard InChI is InChI=1S/C22H16N2O5/c25-20-18(23-22(28)24-20)11-17-16-4-2-1-3-14(16)9-10-19(17)29-12-13-5-7-15(8-6-13)21(26)27/h1-11H,12H2,(H,26,27)(H2,23,24,25,28)/p-1/b18-11+. The molecule has 3 aromatic rings. The van der Waals surface area contributed by atoms with Gasteiger partial charge in [0.2, 0.25) is 0 Å². The lowest BCUT2D eigenvalue weighted by molar-refractivity contribution is -0.255. The van der Waals surface area contributed by atoms with Crippen molar-refractivity contribution in [2.45, 2.75) is 6.61 Å². The number of aromatic carboxylic acids is 1. The van der Waals surface area contributed by atoms with Gasteiger partial charge >= 0.3 is 6.03 Å². The van der Waals surface area contributed by atoms with Gasteiger partial charge in [0.1, 0.15) is 18.1 Å².